The lowest BCUT2D eigenvalue weighted by Crippen LogP contribution is -2.39. The number of benzene rings is 2. The quantitative estimate of drug-likeness (QED) is 0.816. The molecule has 0 aliphatic carbocycles. The van der Waals surface area contributed by atoms with Gasteiger partial charge in [-0.2, -0.15) is 0 Å². The van der Waals surface area contributed by atoms with Crippen LogP contribution in [0.4, 0.5) is 0 Å². The molecule has 130 valence electrons. The van der Waals surface area contributed by atoms with E-state index < -0.39 is 17.9 Å². The Balaban J connectivity index is 1.54. The third kappa shape index (κ3) is 3.55. The minimum absolute atomic E-state index is 0.00359. The average molecular weight is 340 g/mol. The maximum absolute atomic E-state index is 12.2. The number of hydrogen-bond donors (Lipinski definition) is 1. The first kappa shape index (κ1) is 17.1. The van der Waals surface area contributed by atoms with Crippen molar-refractivity contribution in [2.75, 3.05) is 13.2 Å². The highest BCUT2D eigenvalue weighted by Gasteiger charge is 2.36. The van der Waals surface area contributed by atoms with Crippen molar-refractivity contribution in [3.05, 3.63) is 64.7 Å². The second-order valence-corrected chi connectivity index (χ2v) is 6.09. The van der Waals surface area contributed by atoms with Crippen LogP contribution in [0.2, 0.25) is 0 Å². The molecule has 2 amide bonds. The molecule has 1 heterocycles. The van der Waals surface area contributed by atoms with Crippen LogP contribution < -0.4 is 10.5 Å². The largest absolute Gasteiger partial charge is 0.492 e. The molecule has 1 aliphatic heterocycles. The molecule has 0 radical (unpaired) electrons. The summed E-state index contributed by atoms with van der Waals surface area (Å²) < 4.78 is 5.69. The topological polar surface area (TPSA) is 81.9 Å². The standard InChI is InChI=1S/C19H20N2O4/c1-12-7-8-17(13(2)9-12)24-10-14(20)11-25-21-18(22)15-5-3-4-6-16(15)19(21)23/h3-9,14H,10-11,20H2,1-2H3. The van der Waals surface area contributed by atoms with E-state index in [-0.39, 0.29) is 13.2 Å². The van der Waals surface area contributed by atoms with Gasteiger partial charge in [-0.1, -0.05) is 29.8 Å². The van der Waals surface area contributed by atoms with Crippen molar-refractivity contribution in [3.63, 3.8) is 0 Å². The molecular weight excluding hydrogens is 320 g/mol. The summed E-state index contributed by atoms with van der Waals surface area (Å²) in [5.41, 5.74) is 8.83. The summed E-state index contributed by atoms with van der Waals surface area (Å²) in [5.74, 6) is -0.187. The molecule has 6 heteroatoms. The van der Waals surface area contributed by atoms with Crippen LogP contribution in [0.3, 0.4) is 0 Å². The van der Waals surface area contributed by atoms with Crippen molar-refractivity contribution in [3.8, 4) is 5.75 Å². The van der Waals surface area contributed by atoms with Crippen LogP contribution >= 0.6 is 0 Å². The highest BCUT2D eigenvalue weighted by molar-refractivity contribution is 6.20. The van der Waals surface area contributed by atoms with Gasteiger partial charge in [0.05, 0.1) is 23.8 Å². The van der Waals surface area contributed by atoms with E-state index in [9.17, 15) is 9.59 Å². The zero-order valence-corrected chi connectivity index (χ0v) is 14.2. The molecule has 3 rings (SSSR count). The molecule has 25 heavy (non-hydrogen) atoms. The van der Waals surface area contributed by atoms with E-state index >= 15 is 0 Å². The van der Waals surface area contributed by atoms with Crippen LogP contribution in [0.1, 0.15) is 31.8 Å². The maximum atomic E-state index is 12.2. The second kappa shape index (κ2) is 7.04. The van der Waals surface area contributed by atoms with Crippen LogP contribution in [-0.4, -0.2) is 36.1 Å². The van der Waals surface area contributed by atoms with Gasteiger partial charge in [0.1, 0.15) is 12.4 Å². The summed E-state index contributed by atoms with van der Waals surface area (Å²) in [6.07, 6.45) is 0. The second-order valence-electron chi connectivity index (χ2n) is 6.09. The van der Waals surface area contributed by atoms with Crippen LogP contribution in [0.15, 0.2) is 42.5 Å². The first-order valence-corrected chi connectivity index (χ1v) is 8.03. The van der Waals surface area contributed by atoms with Gasteiger partial charge in [0.25, 0.3) is 11.8 Å². The summed E-state index contributed by atoms with van der Waals surface area (Å²) in [6.45, 7) is 4.19. The Labute approximate surface area is 146 Å². The number of aryl methyl sites for hydroxylation is 2. The number of amides is 2. The van der Waals surface area contributed by atoms with Crippen molar-refractivity contribution < 1.29 is 19.2 Å². The molecule has 1 unspecified atom stereocenters. The molecule has 0 saturated carbocycles. The van der Waals surface area contributed by atoms with Crippen LogP contribution in [-0.2, 0) is 4.84 Å². The van der Waals surface area contributed by atoms with Gasteiger partial charge in [0.15, 0.2) is 0 Å². The number of carbonyl (C=O) groups excluding carboxylic acids is 2. The van der Waals surface area contributed by atoms with Crippen molar-refractivity contribution in [1.82, 2.24) is 5.06 Å². The summed E-state index contributed by atoms with van der Waals surface area (Å²) in [4.78, 5) is 29.7. The Kier molecular flexibility index (Phi) is 4.83. The molecule has 2 N–H and O–H groups in total. The predicted molar refractivity (Wildman–Crippen MR) is 92.3 cm³/mol. The number of hydroxylamine groups is 2. The van der Waals surface area contributed by atoms with E-state index in [0.29, 0.717) is 11.1 Å². The van der Waals surface area contributed by atoms with Crippen molar-refractivity contribution in [2.45, 2.75) is 19.9 Å². The van der Waals surface area contributed by atoms with Gasteiger partial charge in [-0.15, -0.1) is 5.06 Å². The third-order valence-corrected chi connectivity index (χ3v) is 3.96. The van der Waals surface area contributed by atoms with Crippen molar-refractivity contribution in [2.24, 2.45) is 5.73 Å². The monoisotopic (exact) mass is 340 g/mol. The SMILES string of the molecule is Cc1ccc(OCC(N)CON2C(=O)c3ccccc3C2=O)c(C)c1. The minimum atomic E-state index is -0.481. The molecule has 1 atom stereocenters. The molecule has 6 nitrogen and oxygen atoms in total. The Morgan fingerprint density at radius 2 is 1.64 bits per heavy atom. The summed E-state index contributed by atoms with van der Waals surface area (Å²) >= 11 is 0. The first-order valence-electron chi connectivity index (χ1n) is 8.03. The molecule has 0 aromatic heterocycles. The Bertz CT molecular complexity index is 784. The summed E-state index contributed by atoms with van der Waals surface area (Å²) in [6, 6.07) is 12.0. The van der Waals surface area contributed by atoms with Crippen LogP contribution in [0, 0.1) is 13.8 Å². The zero-order chi connectivity index (χ0) is 18.0. The lowest BCUT2D eigenvalue weighted by atomic mass is 10.1. The lowest BCUT2D eigenvalue weighted by Gasteiger charge is -2.18. The van der Waals surface area contributed by atoms with Gasteiger partial charge in [-0.3, -0.25) is 14.4 Å². The van der Waals surface area contributed by atoms with E-state index in [1.54, 1.807) is 24.3 Å². The van der Waals surface area contributed by atoms with E-state index in [2.05, 4.69) is 0 Å². The fourth-order valence-corrected chi connectivity index (χ4v) is 2.66. The Hall–Kier alpha value is -2.70. The number of nitrogens with two attached hydrogens (primary N) is 1. The number of carbonyl (C=O) groups is 2. The fourth-order valence-electron chi connectivity index (χ4n) is 2.66. The van der Waals surface area contributed by atoms with Crippen molar-refractivity contribution in [1.29, 1.82) is 0 Å². The Morgan fingerprint density at radius 1 is 1.00 bits per heavy atom. The maximum Gasteiger partial charge on any atom is 0.285 e. The van der Waals surface area contributed by atoms with E-state index in [1.807, 2.05) is 32.0 Å². The summed E-state index contributed by atoms with van der Waals surface area (Å²) in [7, 11) is 0. The zero-order valence-electron chi connectivity index (χ0n) is 14.2. The number of imide groups is 1. The molecule has 2 aromatic rings. The van der Waals surface area contributed by atoms with Gasteiger partial charge >= 0.3 is 0 Å². The number of hydrogen-bond acceptors (Lipinski definition) is 5. The number of fused-ring (bicyclic) bond motifs is 1. The number of rotatable bonds is 6. The normalized spacial score (nSPS) is 14.6. The van der Waals surface area contributed by atoms with Gasteiger partial charge in [0.2, 0.25) is 0 Å². The van der Waals surface area contributed by atoms with Crippen molar-refractivity contribution >= 4 is 11.8 Å². The van der Waals surface area contributed by atoms with Crippen LogP contribution in [0.5, 0.6) is 5.75 Å². The van der Waals surface area contributed by atoms with Gasteiger partial charge < -0.3 is 10.5 Å². The molecule has 1 aliphatic rings. The van der Waals surface area contributed by atoms with E-state index in [0.717, 1.165) is 21.9 Å². The molecular formula is C19H20N2O4. The van der Waals surface area contributed by atoms with Gasteiger partial charge in [0, 0.05) is 0 Å². The molecule has 0 saturated heterocycles. The van der Waals surface area contributed by atoms with E-state index in [4.69, 9.17) is 15.3 Å². The minimum Gasteiger partial charge on any atom is -0.492 e. The smallest absolute Gasteiger partial charge is 0.285 e. The molecule has 2 aromatic carbocycles. The molecule has 0 spiro atoms. The Morgan fingerprint density at radius 3 is 2.24 bits per heavy atom. The number of nitrogens with zero attached hydrogens (tertiary/aromatic N) is 1. The number of ether oxygens (including phenoxy) is 1. The van der Waals surface area contributed by atoms with Gasteiger partial charge in [-0.25, -0.2) is 0 Å². The molecule has 0 fully saturated rings. The lowest BCUT2D eigenvalue weighted by molar-refractivity contribution is -0.0972. The predicted octanol–water partition coefficient (Wildman–Crippen LogP) is 2.24. The van der Waals surface area contributed by atoms with Crippen LogP contribution in [0.25, 0.3) is 0 Å². The fraction of sp³-hybridized carbons (Fsp3) is 0.263. The average Bonchev–Trinajstić information content (AvgIpc) is 2.84. The highest BCUT2D eigenvalue weighted by Crippen LogP contribution is 2.23. The highest BCUT2D eigenvalue weighted by atomic mass is 16.7. The summed E-state index contributed by atoms with van der Waals surface area (Å²) in [5, 5.41) is 0.766. The van der Waals surface area contributed by atoms with E-state index in [1.165, 1.54) is 0 Å². The third-order valence-electron chi connectivity index (χ3n) is 3.96. The molecule has 0 bridgehead atoms. The first-order chi connectivity index (χ1) is 12.0. The van der Waals surface area contributed by atoms with Gasteiger partial charge in [-0.05, 0) is 37.6 Å².